The summed E-state index contributed by atoms with van der Waals surface area (Å²) in [5.41, 5.74) is 1.41. The zero-order chi connectivity index (χ0) is 13.2. The van der Waals surface area contributed by atoms with E-state index >= 15 is 0 Å². The van der Waals surface area contributed by atoms with Gasteiger partial charge in [-0.3, -0.25) is 4.79 Å². The van der Waals surface area contributed by atoms with E-state index in [1.165, 1.54) is 18.6 Å². The number of carbonyl (C=O) groups is 1. The Bertz CT molecular complexity index is 604. The first-order valence-corrected chi connectivity index (χ1v) is 6.64. The normalized spacial score (nSPS) is 15.4. The molecule has 0 saturated heterocycles. The molecule has 4 nitrogen and oxygen atoms in total. The van der Waals surface area contributed by atoms with Crippen LogP contribution in [0.1, 0.15) is 31.5 Å². The Kier molecular flexibility index (Phi) is 3.19. The molecular weight excluding hydrogens is 245 g/mol. The van der Waals surface area contributed by atoms with Crippen molar-refractivity contribution in [3.63, 3.8) is 0 Å². The van der Waals surface area contributed by atoms with E-state index in [0.717, 1.165) is 24.2 Å². The summed E-state index contributed by atoms with van der Waals surface area (Å²) < 4.78 is 13.0. The van der Waals surface area contributed by atoms with Crippen LogP contribution in [0.15, 0.2) is 18.2 Å². The van der Waals surface area contributed by atoms with E-state index in [2.05, 4.69) is 15.3 Å². The molecule has 2 N–H and O–H groups in total. The molecule has 1 aliphatic carbocycles. The third kappa shape index (κ3) is 2.75. The van der Waals surface area contributed by atoms with Gasteiger partial charge >= 0.3 is 0 Å². The molecule has 19 heavy (non-hydrogen) atoms. The van der Waals surface area contributed by atoms with Crippen LogP contribution in [0.25, 0.3) is 11.0 Å². The maximum atomic E-state index is 13.0. The predicted molar refractivity (Wildman–Crippen MR) is 70.2 cm³/mol. The molecule has 0 bridgehead atoms. The Morgan fingerprint density at radius 2 is 2.32 bits per heavy atom. The fraction of sp³-hybridized carbons (Fsp3) is 0.429. The summed E-state index contributed by atoms with van der Waals surface area (Å²) in [6, 6.07) is 4.81. The van der Waals surface area contributed by atoms with Crippen LogP contribution < -0.4 is 5.32 Å². The SMILES string of the molecule is O=C(CCc1nc2ccc(F)cc2[nH]1)NC1CCC1. The molecule has 100 valence electrons. The molecule has 0 atom stereocenters. The number of hydrogen-bond donors (Lipinski definition) is 2. The molecule has 2 aromatic rings. The number of aryl methyl sites for hydroxylation is 1. The molecule has 0 unspecified atom stereocenters. The molecule has 0 spiro atoms. The number of nitrogens with one attached hydrogen (secondary N) is 2. The molecule has 1 heterocycles. The average Bonchev–Trinajstić information content (AvgIpc) is 2.73. The van der Waals surface area contributed by atoms with Crippen molar-refractivity contribution in [1.29, 1.82) is 0 Å². The maximum absolute atomic E-state index is 13.0. The van der Waals surface area contributed by atoms with E-state index in [1.807, 2.05) is 0 Å². The summed E-state index contributed by atoms with van der Waals surface area (Å²) in [5, 5.41) is 2.99. The number of carbonyl (C=O) groups excluding carboxylic acids is 1. The van der Waals surface area contributed by atoms with Gasteiger partial charge in [0.05, 0.1) is 11.0 Å². The summed E-state index contributed by atoms with van der Waals surface area (Å²) in [5.74, 6) is 0.506. The summed E-state index contributed by atoms with van der Waals surface area (Å²) >= 11 is 0. The molecular formula is C14H16FN3O. The van der Waals surface area contributed by atoms with Gasteiger partial charge in [0.25, 0.3) is 0 Å². The van der Waals surface area contributed by atoms with Crippen LogP contribution in [0, 0.1) is 5.82 Å². The largest absolute Gasteiger partial charge is 0.353 e. The number of aromatic nitrogens is 2. The van der Waals surface area contributed by atoms with E-state index in [4.69, 9.17) is 0 Å². The van der Waals surface area contributed by atoms with Gasteiger partial charge in [0.1, 0.15) is 11.6 Å². The van der Waals surface area contributed by atoms with Gasteiger partial charge in [-0.15, -0.1) is 0 Å². The number of aromatic amines is 1. The Hall–Kier alpha value is -1.91. The van der Waals surface area contributed by atoms with E-state index in [1.54, 1.807) is 6.07 Å². The van der Waals surface area contributed by atoms with E-state index < -0.39 is 0 Å². The molecule has 0 radical (unpaired) electrons. The van der Waals surface area contributed by atoms with Gasteiger partial charge in [-0.2, -0.15) is 0 Å². The molecule has 1 amide bonds. The Morgan fingerprint density at radius 3 is 3.05 bits per heavy atom. The number of amides is 1. The maximum Gasteiger partial charge on any atom is 0.220 e. The zero-order valence-corrected chi connectivity index (χ0v) is 10.6. The van der Waals surface area contributed by atoms with Crippen LogP contribution in [0.5, 0.6) is 0 Å². The zero-order valence-electron chi connectivity index (χ0n) is 10.6. The number of imidazole rings is 1. The first kappa shape index (κ1) is 12.1. The van der Waals surface area contributed by atoms with Gasteiger partial charge in [0, 0.05) is 18.9 Å². The second-order valence-electron chi connectivity index (χ2n) is 5.04. The van der Waals surface area contributed by atoms with Crippen molar-refractivity contribution < 1.29 is 9.18 Å². The highest BCUT2D eigenvalue weighted by molar-refractivity contribution is 5.77. The van der Waals surface area contributed by atoms with E-state index in [-0.39, 0.29) is 11.7 Å². The standard InChI is InChI=1S/C14H16FN3O/c15-9-4-5-11-12(8-9)18-13(17-11)6-7-14(19)16-10-2-1-3-10/h4-5,8,10H,1-3,6-7H2,(H,16,19)(H,17,18). The van der Waals surface area contributed by atoms with Gasteiger partial charge in [0.15, 0.2) is 0 Å². The lowest BCUT2D eigenvalue weighted by molar-refractivity contribution is -0.122. The fourth-order valence-electron chi connectivity index (χ4n) is 2.24. The van der Waals surface area contributed by atoms with Crippen LogP contribution in [0.4, 0.5) is 4.39 Å². The number of benzene rings is 1. The fourth-order valence-corrected chi connectivity index (χ4v) is 2.24. The Balaban J connectivity index is 1.59. The highest BCUT2D eigenvalue weighted by atomic mass is 19.1. The van der Waals surface area contributed by atoms with Gasteiger partial charge in [-0.1, -0.05) is 0 Å². The monoisotopic (exact) mass is 261 g/mol. The van der Waals surface area contributed by atoms with E-state index in [9.17, 15) is 9.18 Å². The molecule has 0 aliphatic heterocycles. The summed E-state index contributed by atoms with van der Waals surface area (Å²) in [6.07, 6.45) is 4.36. The number of H-pyrrole nitrogens is 1. The highest BCUT2D eigenvalue weighted by Gasteiger charge is 2.19. The average molecular weight is 261 g/mol. The van der Waals surface area contributed by atoms with Crippen molar-refractivity contribution in [2.45, 2.75) is 38.1 Å². The molecule has 1 aliphatic rings. The van der Waals surface area contributed by atoms with Crippen LogP contribution in [-0.4, -0.2) is 21.9 Å². The first-order chi connectivity index (χ1) is 9.20. The predicted octanol–water partition coefficient (Wildman–Crippen LogP) is 2.30. The van der Waals surface area contributed by atoms with Gasteiger partial charge in [-0.25, -0.2) is 9.37 Å². The number of hydrogen-bond acceptors (Lipinski definition) is 2. The summed E-state index contributed by atoms with van der Waals surface area (Å²) in [6.45, 7) is 0. The second kappa shape index (κ2) is 4.99. The third-order valence-electron chi connectivity index (χ3n) is 3.55. The minimum atomic E-state index is -0.287. The van der Waals surface area contributed by atoms with Gasteiger partial charge < -0.3 is 10.3 Å². The molecule has 1 aromatic heterocycles. The highest BCUT2D eigenvalue weighted by Crippen LogP contribution is 2.18. The number of nitrogens with zero attached hydrogens (tertiary/aromatic N) is 1. The van der Waals surface area contributed by atoms with Crippen LogP contribution in [-0.2, 0) is 11.2 Å². The molecule has 1 saturated carbocycles. The Labute approximate surface area is 110 Å². The van der Waals surface area contributed by atoms with Crippen molar-refractivity contribution in [3.8, 4) is 0 Å². The molecule has 1 aromatic carbocycles. The lowest BCUT2D eigenvalue weighted by Gasteiger charge is -2.26. The van der Waals surface area contributed by atoms with Crippen LogP contribution in [0.3, 0.4) is 0 Å². The van der Waals surface area contributed by atoms with Crippen LogP contribution >= 0.6 is 0 Å². The number of fused-ring (bicyclic) bond motifs is 1. The Morgan fingerprint density at radius 1 is 1.47 bits per heavy atom. The van der Waals surface area contributed by atoms with Crippen molar-refractivity contribution >= 4 is 16.9 Å². The van der Waals surface area contributed by atoms with Crippen molar-refractivity contribution in [3.05, 3.63) is 29.8 Å². The third-order valence-corrected chi connectivity index (χ3v) is 3.55. The lowest BCUT2D eigenvalue weighted by atomic mass is 9.93. The summed E-state index contributed by atoms with van der Waals surface area (Å²) in [7, 11) is 0. The lowest BCUT2D eigenvalue weighted by Crippen LogP contribution is -2.39. The second-order valence-corrected chi connectivity index (χ2v) is 5.04. The quantitative estimate of drug-likeness (QED) is 0.887. The number of rotatable bonds is 4. The molecule has 1 fully saturated rings. The smallest absolute Gasteiger partial charge is 0.220 e. The van der Waals surface area contributed by atoms with Crippen LogP contribution in [0.2, 0.25) is 0 Å². The topological polar surface area (TPSA) is 57.8 Å². The van der Waals surface area contributed by atoms with Gasteiger partial charge in [0.2, 0.25) is 5.91 Å². The molecule has 3 rings (SSSR count). The summed E-state index contributed by atoms with van der Waals surface area (Å²) in [4.78, 5) is 19.1. The minimum Gasteiger partial charge on any atom is -0.353 e. The first-order valence-electron chi connectivity index (χ1n) is 6.64. The van der Waals surface area contributed by atoms with E-state index in [0.29, 0.717) is 24.4 Å². The number of halogens is 1. The van der Waals surface area contributed by atoms with Crippen molar-refractivity contribution in [2.75, 3.05) is 0 Å². The van der Waals surface area contributed by atoms with Gasteiger partial charge in [-0.05, 0) is 37.5 Å². The minimum absolute atomic E-state index is 0.0661. The van der Waals surface area contributed by atoms with Crippen molar-refractivity contribution in [1.82, 2.24) is 15.3 Å². The van der Waals surface area contributed by atoms with Crippen molar-refractivity contribution in [2.24, 2.45) is 0 Å². The molecule has 5 heteroatoms.